The predicted molar refractivity (Wildman–Crippen MR) is 126 cm³/mol. The van der Waals surface area contributed by atoms with E-state index < -0.39 is 0 Å². The van der Waals surface area contributed by atoms with Crippen molar-refractivity contribution in [1.82, 2.24) is 14.8 Å². The molecule has 160 valence electrons. The SMILES string of the molecule is CCn1ncc(-c2csc(NC(=O)c3cc(COc4cc(C)ccc4C)cs3)n2)c1C. The molecule has 0 atom stereocenters. The summed E-state index contributed by atoms with van der Waals surface area (Å²) in [5.74, 6) is 0.707. The summed E-state index contributed by atoms with van der Waals surface area (Å²) in [6.07, 6.45) is 1.82. The summed E-state index contributed by atoms with van der Waals surface area (Å²) >= 11 is 2.81. The second kappa shape index (κ2) is 9.03. The van der Waals surface area contributed by atoms with Gasteiger partial charge in [0.2, 0.25) is 0 Å². The van der Waals surface area contributed by atoms with Crippen molar-refractivity contribution in [3.8, 4) is 17.0 Å². The molecule has 3 aromatic heterocycles. The van der Waals surface area contributed by atoms with E-state index in [0.29, 0.717) is 16.6 Å². The van der Waals surface area contributed by atoms with Crippen molar-refractivity contribution in [2.75, 3.05) is 5.32 Å². The van der Waals surface area contributed by atoms with Crippen LogP contribution in [-0.2, 0) is 13.2 Å². The molecule has 0 aliphatic heterocycles. The average Bonchev–Trinajstić information content (AvgIpc) is 3.48. The molecule has 31 heavy (non-hydrogen) atoms. The smallest absolute Gasteiger partial charge is 0.267 e. The van der Waals surface area contributed by atoms with E-state index in [9.17, 15) is 4.79 Å². The summed E-state index contributed by atoms with van der Waals surface area (Å²) in [4.78, 5) is 17.9. The average molecular weight is 453 g/mol. The first-order valence-electron chi connectivity index (χ1n) is 10.0. The van der Waals surface area contributed by atoms with Gasteiger partial charge in [-0.15, -0.1) is 22.7 Å². The van der Waals surface area contributed by atoms with Crippen molar-refractivity contribution in [3.63, 3.8) is 0 Å². The van der Waals surface area contributed by atoms with Crippen LogP contribution in [0.3, 0.4) is 0 Å². The van der Waals surface area contributed by atoms with E-state index >= 15 is 0 Å². The zero-order chi connectivity index (χ0) is 22.0. The fraction of sp³-hybridized carbons (Fsp3) is 0.261. The quantitative estimate of drug-likeness (QED) is 0.382. The highest BCUT2D eigenvalue weighted by atomic mass is 32.1. The van der Waals surface area contributed by atoms with E-state index in [1.54, 1.807) is 0 Å². The van der Waals surface area contributed by atoms with Crippen LogP contribution in [0, 0.1) is 20.8 Å². The summed E-state index contributed by atoms with van der Waals surface area (Å²) in [6.45, 7) is 9.39. The Bertz CT molecular complexity index is 1220. The molecule has 0 aliphatic rings. The van der Waals surface area contributed by atoms with Crippen molar-refractivity contribution in [1.29, 1.82) is 0 Å². The largest absolute Gasteiger partial charge is 0.489 e. The lowest BCUT2D eigenvalue weighted by Gasteiger charge is -2.08. The van der Waals surface area contributed by atoms with E-state index in [2.05, 4.69) is 28.4 Å². The maximum atomic E-state index is 12.7. The molecule has 6 nitrogen and oxygen atoms in total. The third-order valence-electron chi connectivity index (χ3n) is 5.02. The van der Waals surface area contributed by atoms with Crippen LogP contribution in [0.15, 0.2) is 41.2 Å². The monoisotopic (exact) mass is 452 g/mol. The number of nitrogens with one attached hydrogen (secondary N) is 1. The lowest BCUT2D eigenvalue weighted by molar-refractivity contribution is 0.103. The van der Waals surface area contributed by atoms with Gasteiger partial charge in [-0.3, -0.25) is 14.8 Å². The fourth-order valence-electron chi connectivity index (χ4n) is 3.22. The molecule has 8 heteroatoms. The highest BCUT2D eigenvalue weighted by Gasteiger charge is 2.15. The van der Waals surface area contributed by atoms with Gasteiger partial charge in [0.15, 0.2) is 5.13 Å². The Morgan fingerprint density at radius 3 is 2.77 bits per heavy atom. The number of hydrogen-bond donors (Lipinski definition) is 1. The second-order valence-electron chi connectivity index (χ2n) is 7.33. The maximum absolute atomic E-state index is 12.7. The zero-order valence-corrected chi connectivity index (χ0v) is 19.6. The molecule has 1 N–H and O–H groups in total. The molecule has 0 fully saturated rings. The Balaban J connectivity index is 1.39. The summed E-state index contributed by atoms with van der Waals surface area (Å²) in [6, 6.07) is 8.01. The number of thiophene rings is 1. The molecule has 0 unspecified atom stereocenters. The zero-order valence-electron chi connectivity index (χ0n) is 17.9. The van der Waals surface area contributed by atoms with Gasteiger partial charge in [-0.05, 0) is 56.3 Å². The fourth-order valence-corrected chi connectivity index (χ4v) is 4.72. The van der Waals surface area contributed by atoms with E-state index in [-0.39, 0.29) is 5.91 Å². The summed E-state index contributed by atoms with van der Waals surface area (Å²) in [5, 5.41) is 11.7. The van der Waals surface area contributed by atoms with Gasteiger partial charge in [-0.25, -0.2) is 4.98 Å². The normalized spacial score (nSPS) is 11.0. The number of nitrogens with zero attached hydrogens (tertiary/aromatic N) is 3. The molecule has 0 saturated heterocycles. The number of ether oxygens (including phenoxy) is 1. The molecular weight excluding hydrogens is 428 g/mol. The summed E-state index contributed by atoms with van der Waals surface area (Å²) in [5.41, 5.74) is 6.10. The van der Waals surface area contributed by atoms with Gasteiger partial charge >= 0.3 is 0 Å². The van der Waals surface area contributed by atoms with Gasteiger partial charge in [0.25, 0.3) is 5.91 Å². The number of carbonyl (C=O) groups excluding carboxylic acids is 1. The molecule has 1 amide bonds. The van der Waals surface area contributed by atoms with Gasteiger partial charge in [0.05, 0.1) is 16.8 Å². The molecule has 4 rings (SSSR count). The molecule has 0 aliphatic carbocycles. The van der Waals surface area contributed by atoms with Crippen molar-refractivity contribution in [2.45, 2.75) is 40.8 Å². The Morgan fingerprint density at radius 1 is 1.16 bits per heavy atom. The Morgan fingerprint density at radius 2 is 2.00 bits per heavy atom. The lowest BCUT2D eigenvalue weighted by Crippen LogP contribution is -2.10. The molecule has 0 bridgehead atoms. The van der Waals surface area contributed by atoms with Crippen LogP contribution in [0.4, 0.5) is 5.13 Å². The standard InChI is InChI=1S/C23H24N4O2S2/c1-5-27-16(4)18(10-24-27)19-13-31-23(25-19)26-22(28)21-9-17(12-30-21)11-29-20-8-14(2)6-7-15(20)3/h6-10,12-13H,5,11H2,1-4H3,(H,25,26,28). The number of aryl methyl sites for hydroxylation is 3. The number of thiazole rings is 1. The molecule has 1 aromatic carbocycles. The molecule has 0 spiro atoms. The number of aromatic nitrogens is 3. The van der Waals surface area contributed by atoms with Crippen molar-refractivity contribution < 1.29 is 9.53 Å². The van der Waals surface area contributed by atoms with Gasteiger partial charge < -0.3 is 4.74 Å². The minimum absolute atomic E-state index is 0.162. The Hall–Kier alpha value is -2.97. The molecule has 0 radical (unpaired) electrons. The van der Waals surface area contributed by atoms with E-state index in [1.165, 1.54) is 22.7 Å². The third kappa shape index (κ3) is 4.70. The topological polar surface area (TPSA) is 69.0 Å². The Labute approximate surface area is 189 Å². The highest BCUT2D eigenvalue weighted by Crippen LogP contribution is 2.28. The lowest BCUT2D eigenvalue weighted by atomic mass is 10.1. The van der Waals surface area contributed by atoms with Crippen molar-refractivity contribution >= 4 is 33.7 Å². The molecular formula is C23H24N4O2S2. The summed E-state index contributed by atoms with van der Waals surface area (Å²) in [7, 11) is 0. The number of hydrogen-bond acceptors (Lipinski definition) is 6. The van der Waals surface area contributed by atoms with Crippen LogP contribution in [-0.4, -0.2) is 20.7 Å². The summed E-state index contributed by atoms with van der Waals surface area (Å²) < 4.78 is 7.88. The van der Waals surface area contributed by atoms with Crippen LogP contribution < -0.4 is 10.1 Å². The number of carbonyl (C=O) groups is 1. The first-order valence-corrected chi connectivity index (χ1v) is 11.8. The van der Waals surface area contributed by atoms with Crippen molar-refractivity contribution in [2.24, 2.45) is 0 Å². The molecule has 3 heterocycles. The van der Waals surface area contributed by atoms with Gasteiger partial charge in [0, 0.05) is 28.7 Å². The van der Waals surface area contributed by atoms with Crippen LogP contribution in [0.1, 0.15) is 39.0 Å². The van der Waals surface area contributed by atoms with Crippen LogP contribution in [0.25, 0.3) is 11.3 Å². The van der Waals surface area contributed by atoms with E-state index in [4.69, 9.17) is 4.74 Å². The Kier molecular flexibility index (Phi) is 6.20. The number of rotatable bonds is 7. The highest BCUT2D eigenvalue weighted by molar-refractivity contribution is 7.14. The number of anilines is 1. The third-order valence-corrected chi connectivity index (χ3v) is 6.75. The number of benzene rings is 1. The first-order chi connectivity index (χ1) is 14.9. The van der Waals surface area contributed by atoms with Crippen LogP contribution in [0.2, 0.25) is 0 Å². The van der Waals surface area contributed by atoms with E-state index in [0.717, 1.165) is 45.9 Å². The first kappa shape index (κ1) is 21.3. The molecule has 0 saturated carbocycles. The van der Waals surface area contributed by atoms with Crippen molar-refractivity contribution in [3.05, 3.63) is 68.5 Å². The second-order valence-corrected chi connectivity index (χ2v) is 9.10. The minimum Gasteiger partial charge on any atom is -0.489 e. The van der Waals surface area contributed by atoms with Crippen LogP contribution in [0.5, 0.6) is 5.75 Å². The predicted octanol–water partition coefficient (Wildman–Crippen LogP) is 5.84. The van der Waals surface area contributed by atoms with Gasteiger partial charge in [-0.1, -0.05) is 12.1 Å². The minimum atomic E-state index is -0.162. The maximum Gasteiger partial charge on any atom is 0.267 e. The van der Waals surface area contributed by atoms with Gasteiger partial charge in [-0.2, -0.15) is 5.10 Å². The van der Waals surface area contributed by atoms with Crippen LogP contribution >= 0.6 is 22.7 Å². The van der Waals surface area contributed by atoms with Gasteiger partial charge in [0.1, 0.15) is 12.4 Å². The molecule has 4 aromatic rings. The number of amides is 1. The van der Waals surface area contributed by atoms with E-state index in [1.807, 2.05) is 60.6 Å².